The number of likely N-dealkylation sites (N-methyl/N-ethyl adjacent to an activating group) is 1. The van der Waals surface area contributed by atoms with Gasteiger partial charge in [0.1, 0.15) is 15.8 Å². The summed E-state index contributed by atoms with van der Waals surface area (Å²) >= 11 is 6.49. The topological polar surface area (TPSA) is 38.8 Å². The van der Waals surface area contributed by atoms with Gasteiger partial charge in [-0.25, -0.2) is 0 Å². The number of aryl methyl sites for hydroxylation is 2. The van der Waals surface area contributed by atoms with Crippen molar-refractivity contribution in [3.05, 3.63) is 64.1 Å². The molecule has 1 heterocycles. The maximum Gasteiger partial charge on any atom is 0.265 e. The average Bonchev–Trinajstić information content (AvgIpc) is 2.91. The summed E-state index contributed by atoms with van der Waals surface area (Å²) in [7, 11) is 1.69. The lowest BCUT2D eigenvalue weighted by atomic mass is 10.1. The minimum atomic E-state index is -0.0772. The number of rotatable bonds is 7. The second kappa shape index (κ2) is 9.26. The number of hydrogen-bond acceptors (Lipinski definition) is 5. The van der Waals surface area contributed by atoms with Gasteiger partial charge in [0.15, 0.2) is 0 Å². The summed E-state index contributed by atoms with van der Waals surface area (Å²) in [4.78, 5) is 14.3. The molecule has 0 aliphatic carbocycles. The Hall–Kier alpha value is -2.31. The number of carbonyl (C=O) groups excluding carboxylic acids is 1. The van der Waals surface area contributed by atoms with Crippen molar-refractivity contribution in [3.8, 4) is 11.5 Å². The van der Waals surface area contributed by atoms with Gasteiger partial charge < -0.3 is 9.47 Å². The van der Waals surface area contributed by atoms with Crippen LogP contribution in [0.15, 0.2) is 47.4 Å². The number of thioether (sulfide) groups is 1. The van der Waals surface area contributed by atoms with Crippen LogP contribution < -0.4 is 9.47 Å². The van der Waals surface area contributed by atoms with Crippen molar-refractivity contribution >= 4 is 40.3 Å². The Morgan fingerprint density at radius 1 is 1.07 bits per heavy atom. The molecule has 0 bridgehead atoms. The molecule has 0 N–H and O–H groups in total. The molecule has 2 aromatic rings. The van der Waals surface area contributed by atoms with E-state index in [0.29, 0.717) is 22.4 Å². The van der Waals surface area contributed by atoms with Crippen LogP contribution in [0.25, 0.3) is 6.08 Å². The van der Waals surface area contributed by atoms with Gasteiger partial charge in [-0.1, -0.05) is 59.9 Å². The number of nitrogens with zero attached hydrogens (tertiary/aromatic N) is 1. The molecule has 2 aromatic carbocycles. The monoisotopic (exact) mass is 413 g/mol. The van der Waals surface area contributed by atoms with Crippen molar-refractivity contribution in [2.45, 2.75) is 20.3 Å². The van der Waals surface area contributed by atoms with E-state index in [9.17, 15) is 4.79 Å². The molecule has 28 heavy (non-hydrogen) atoms. The summed E-state index contributed by atoms with van der Waals surface area (Å²) in [5.41, 5.74) is 3.23. The van der Waals surface area contributed by atoms with Crippen LogP contribution in [-0.4, -0.2) is 35.4 Å². The first-order chi connectivity index (χ1) is 13.5. The van der Waals surface area contributed by atoms with E-state index in [1.54, 1.807) is 7.05 Å². The van der Waals surface area contributed by atoms with Crippen molar-refractivity contribution in [1.82, 2.24) is 4.90 Å². The number of para-hydroxylation sites is 1. The van der Waals surface area contributed by atoms with E-state index in [0.717, 1.165) is 29.0 Å². The molecule has 0 radical (unpaired) electrons. The third-order valence-electron chi connectivity index (χ3n) is 4.33. The SMILES string of the molecule is Cc1ccc(OCCCOc2ccccc2/C=C2/SC(=S)N(C)C2=O)c(C)c1. The Bertz CT molecular complexity index is 924. The van der Waals surface area contributed by atoms with Crippen LogP contribution in [-0.2, 0) is 4.79 Å². The minimum absolute atomic E-state index is 0.0772. The van der Waals surface area contributed by atoms with E-state index in [1.165, 1.54) is 22.2 Å². The number of ether oxygens (including phenoxy) is 2. The fraction of sp³-hybridized carbons (Fsp3) is 0.273. The van der Waals surface area contributed by atoms with Crippen molar-refractivity contribution in [2.75, 3.05) is 20.3 Å². The molecule has 1 amide bonds. The summed E-state index contributed by atoms with van der Waals surface area (Å²) in [6.07, 6.45) is 2.60. The summed E-state index contributed by atoms with van der Waals surface area (Å²) in [6, 6.07) is 13.9. The predicted octanol–water partition coefficient (Wildman–Crippen LogP) is 4.98. The molecule has 0 aromatic heterocycles. The third-order valence-corrected chi connectivity index (χ3v) is 5.81. The zero-order chi connectivity index (χ0) is 20.1. The Morgan fingerprint density at radius 2 is 1.79 bits per heavy atom. The van der Waals surface area contributed by atoms with Gasteiger partial charge in [-0.05, 0) is 37.6 Å². The maximum absolute atomic E-state index is 12.2. The van der Waals surface area contributed by atoms with Gasteiger partial charge >= 0.3 is 0 Å². The molecule has 0 unspecified atom stereocenters. The highest BCUT2D eigenvalue weighted by molar-refractivity contribution is 8.26. The second-order valence-electron chi connectivity index (χ2n) is 6.60. The largest absolute Gasteiger partial charge is 0.493 e. The molecule has 0 saturated carbocycles. The normalized spacial score (nSPS) is 15.4. The number of thiocarbonyl (C=S) groups is 1. The number of benzene rings is 2. The van der Waals surface area contributed by atoms with Crippen LogP contribution in [0, 0.1) is 13.8 Å². The van der Waals surface area contributed by atoms with Crippen LogP contribution in [0.4, 0.5) is 0 Å². The van der Waals surface area contributed by atoms with Gasteiger partial charge in [0, 0.05) is 19.0 Å². The summed E-state index contributed by atoms with van der Waals surface area (Å²) in [5.74, 6) is 1.58. The molecule has 0 atom stereocenters. The zero-order valence-corrected chi connectivity index (χ0v) is 17.9. The van der Waals surface area contributed by atoms with Crippen LogP contribution >= 0.6 is 24.0 Å². The highest BCUT2D eigenvalue weighted by Gasteiger charge is 2.28. The van der Waals surface area contributed by atoms with E-state index < -0.39 is 0 Å². The molecule has 1 aliphatic heterocycles. The van der Waals surface area contributed by atoms with Crippen molar-refractivity contribution in [1.29, 1.82) is 0 Å². The van der Waals surface area contributed by atoms with E-state index in [-0.39, 0.29) is 5.91 Å². The maximum atomic E-state index is 12.2. The zero-order valence-electron chi connectivity index (χ0n) is 16.2. The smallest absolute Gasteiger partial charge is 0.265 e. The van der Waals surface area contributed by atoms with Gasteiger partial charge in [0.2, 0.25) is 0 Å². The number of carbonyl (C=O) groups is 1. The van der Waals surface area contributed by atoms with Gasteiger partial charge in [0.25, 0.3) is 5.91 Å². The lowest BCUT2D eigenvalue weighted by Gasteiger charge is -2.12. The summed E-state index contributed by atoms with van der Waals surface area (Å²) in [6.45, 7) is 5.24. The molecule has 1 aliphatic rings. The average molecular weight is 414 g/mol. The quantitative estimate of drug-likeness (QED) is 0.364. The Kier molecular flexibility index (Phi) is 6.75. The highest BCUT2D eigenvalue weighted by atomic mass is 32.2. The van der Waals surface area contributed by atoms with Crippen LogP contribution in [0.3, 0.4) is 0 Å². The third kappa shape index (κ3) is 4.94. The Labute approximate surface area is 175 Å². The standard InChI is InChI=1S/C22H23NO3S2/c1-15-9-10-18(16(2)13-15)25-11-6-12-26-19-8-5-4-7-17(19)14-20-21(24)23(3)22(27)28-20/h4-5,7-10,13-14H,6,11-12H2,1-3H3/b20-14+. The van der Waals surface area contributed by atoms with Crippen molar-refractivity contribution < 1.29 is 14.3 Å². The van der Waals surface area contributed by atoms with Crippen LogP contribution in [0.2, 0.25) is 0 Å². The molecule has 3 rings (SSSR count). The first kappa shape index (κ1) is 20.4. The minimum Gasteiger partial charge on any atom is -0.493 e. The number of amides is 1. The van der Waals surface area contributed by atoms with Crippen molar-refractivity contribution in [2.24, 2.45) is 0 Å². The van der Waals surface area contributed by atoms with E-state index in [2.05, 4.69) is 13.0 Å². The first-order valence-corrected chi connectivity index (χ1v) is 10.3. The molecule has 4 nitrogen and oxygen atoms in total. The fourth-order valence-corrected chi connectivity index (χ4v) is 3.97. The molecular weight excluding hydrogens is 390 g/mol. The summed E-state index contributed by atoms with van der Waals surface area (Å²) in [5, 5.41) is 0. The lowest BCUT2D eigenvalue weighted by Crippen LogP contribution is -2.22. The first-order valence-electron chi connectivity index (χ1n) is 9.09. The van der Waals surface area contributed by atoms with E-state index >= 15 is 0 Å². The fourth-order valence-electron chi connectivity index (χ4n) is 2.80. The van der Waals surface area contributed by atoms with Gasteiger partial charge in [-0.3, -0.25) is 9.69 Å². The molecular formula is C22H23NO3S2. The molecule has 146 valence electrons. The van der Waals surface area contributed by atoms with E-state index in [4.69, 9.17) is 21.7 Å². The summed E-state index contributed by atoms with van der Waals surface area (Å²) < 4.78 is 12.3. The molecule has 0 spiro atoms. The van der Waals surface area contributed by atoms with Gasteiger partial charge in [-0.15, -0.1) is 0 Å². The van der Waals surface area contributed by atoms with Crippen LogP contribution in [0.5, 0.6) is 11.5 Å². The Balaban J connectivity index is 1.56. The Morgan fingerprint density at radius 3 is 2.46 bits per heavy atom. The van der Waals surface area contributed by atoms with Gasteiger partial charge in [0.05, 0.1) is 18.1 Å². The molecule has 6 heteroatoms. The second-order valence-corrected chi connectivity index (χ2v) is 8.27. The lowest BCUT2D eigenvalue weighted by molar-refractivity contribution is -0.121. The highest BCUT2D eigenvalue weighted by Crippen LogP contribution is 2.33. The molecule has 1 saturated heterocycles. The van der Waals surface area contributed by atoms with E-state index in [1.807, 2.05) is 49.4 Å². The van der Waals surface area contributed by atoms with Crippen molar-refractivity contribution in [3.63, 3.8) is 0 Å². The number of hydrogen-bond donors (Lipinski definition) is 0. The van der Waals surface area contributed by atoms with Gasteiger partial charge in [-0.2, -0.15) is 0 Å². The van der Waals surface area contributed by atoms with Crippen LogP contribution in [0.1, 0.15) is 23.1 Å². The predicted molar refractivity (Wildman–Crippen MR) is 119 cm³/mol. The molecule has 1 fully saturated rings.